The number of methoxy groups -OCH3 is 1. The Labute approximate surface area is 208 Å². The fourth-order valence-electron chi connectivity index (χ4n) is 3.23. The minimum absolute atomic E-state index is 0.0325. The highest BCUT2D eigenvalue weighted by Gasteiger charge is 2.16. The molecule has 0 saturated carbocycles. The molecule has 2 heterocycles. The first-order chi connectivity index (χ1) is 16.7. The first kappa shape index (κ1) is 24.2. The quantitative estimate of drug-likeness (QED) is 0.287. The summed E-state index contributed by atoms with van der Waals surface area (Å²) < 4.78 is 33.1. The number of benzene rings is 2. The average molecular weight is 511 g/mol. The molecule has 0 aliphatic heterocycles. The Balaban J connectivity index is 1.46. The first-order valence-corrected chi connectivity index (χ1v) is 12.4. The number of pyridine rings is 1. The predicted octanol–water partition coefficient (Wildman–Crippen LogP) is 5.44. The van der Waals surface area contributed by atoms with Crippen LogP contribution in [0.3, 0.4) is 0 Å². The molecule has 35 heavy (non-hydrogen) atoms. The van der Waals surface area contributed by atoms with Crippen LogP contribution >= 0.6 is 11.6 Å². The zero-order valence-corrected chi connectivity index (χ0v) is 20.8. The van der Waals surface area contributed by atoms with Crippen molar-refractivity contribution in [2.75, 3.05) is 22.5 Å². The molecule has 2 aromatic carbocycles. The summed E-state index contributed by atoms with van der Waals surface area (Å²) in [6.45, 7) is 3.78. The minimum atomic E-state index is -3.82. The van der Waals surface area contributed by atoms with Gasteiger partial charge in [0.1, 0.15) is 29.0 Å². The molecule has 0 saturated heterocycles. The standard InChI is InChI=1S/C24H23ClN6O3S/c1-15-10-11-26-22(12-15)30-24-14-23(27-16(2)28-24)29-17-4-6-18(7-5-17)31-35(32,33)19-8-9-21(34-3)20(25)13-19/h4-14,31H,1-3H3,(H2,26,27,28,29,30). The van der Waals surface area contributed by atoms with Crippen LogP contribution in [-0.4, -0.2) is 30.5 Å². The van der Waals surface area contributed by atoms with E-state index in [-0.39, 0.29) is 9.92 Å². The van der Waals surface area contributed by atoms with Gasteiger partial charge in [0.2, 0.25) is 0 Å². The third kappa shape index (κ3) is 6.17. The van der Waals surface area contributed by atoms with Crippen molar-refractivity contribution < 1.29 is 13.2 Å². The van der Waals surface area contributed by atoms with Gasteiger partial charge in [0.25, 0.3) is 10.0 Å². The van der Waals surface area contributed by atoms with Crippen molar-refractivity contribution in [2.45, 2.75) is 18.7 Å². The lowest BCUT2D eigenvalue weighted by atomic mass is 10.3. The van der Waals surface area contributed by atoms with Crippen LogP contribution in [0.25, 0.3) is 0 Å². The van der Waals surface area contributed by atoms with Crippen LogP contribution in [0.4, 0.5) is 28.8 Å². The number of halogens is 1. The minimum Gasteiger partial charge on any atom is -0.495 e. The highest BCUT2D eigenvalue weighted by molar-refractivity contribution is 7.92. The second-order valence-corrected chi connectivity index (χ2v) is 9.72. The van der Waals surface area contributed by atoms with Crippen molar-refractivity contribution in [2.24, 2.45) is 0 Å². The maximum Gasteiger partial charge on any atom is 0.261 e. The van der Waals surface area contributed by atoms with Crippen LogP contribution in [0.1, 0.15) is 11.4 Å². The van der Waals surface area contributed by atoms with Gasteiger partial charge in [-0.15, -0.1) is 0 Å². The van der Waals surface area contributed by atoms with Crippen LogP contribution in [0, 0.1) is 13.8 Å². The largest absolute Gasteiger partial charge is 0.495 e. The molecule has 4 aromatic rings. The van der Waals surface area contributed by atoms with Crippen molar-refractivity contribution in [3.8, 4) is 5.75 Å². The second-order valence-electron chi connectivity index (χ2n) is 7.63. The fourth-order valence-corrected chi connectivity index (χ4v) is 4.64. The van der Waals surface area contributed by atoms with E-state index in [0.29, 0.717) is 34.7 Å². The number of hydrogen-bond donors (Lipinski definition) is 3. The van der Waals surface area contributed by atoms with Crippen LogP contribution in [0.5, 0.6) is 5.75 Å². The Bertz CT molecular complexity index is 1460. The van der Waals surface area contributed by atoms with Crippen LogP contribution in [-0.2, 0) is 10.0 Å². The van der Waals surface area contributed by atoms with Gasteiger partial charge in [-0.05, 0) is 74.0 Å². The summed E-state index contributed by atoms with van der Waals surface area (Å²) in [5.41, 5.74) is 2.20. The number of ether oxygens (including phenoxy) is 1. The molecule has 11 heteroatoms. The Morgan fingerprint density at radius 1 is 0.829 bits per heavy atom. The summed E-state index contributed by atoms with van der Waals surface area (Å²) in [6.07, 6.45) is 1.73. The molecule has 0 fully saturated rings. The van der Waals surface area contributed by atoms with E-state index < -0.39 is 10.0 Å². The molecular formula is C24H23ClN6O3S. The maximum atomic E-state index is 12.7. The molecule has 0 radical (unpaired) electrons. The van der Waals surface area contributed by atoms with Gasteiger partial charge in [-0.3, -0.25) is 4.72 Å². The topological polar surface area (TPSA) is 118 Å². The number of hydrogen-bond acceptors (Lipinski definition) is 8. The molecule has 9 nitrogen and oxygen atoms in total. The summed E-state index contributed by atoms with van der Waals surface area (Å²) >= 11 is 6.07. The highest BCUT2D eigenvalue weighted by atomic mass is 35.5. The van der Waals surface area contributed by atoms with Crippen molar-refractivity contribution in [3.63, 3.8) is 0 Å². The smallest absolute Gasteiger partial charge is 0.261 e. The monoisotopic (exact) mass is 510 g/mol. The van der Waals surface area contributed by atoms with Gasteiger partial charge in [0.15, 0.2) is 0 Å². The van der Waals surface area contributed by atoms with Crippen LogP contribution in [0.2, 0.25) is 5.02 Å². The summed E-state index contributed by atoms with van der Waals surface area (Å²) in [4.78, 5) is 13.1. The molecule has 0 aliphatic rings. The number of nitrogens with zero attached hydrogens (tertiary/aromatic N) is 3. The highest BCUT2D eigenvalue weighted by Crippen LogP contribution is 2.28. The maximum absolute atomic E-state index is 12.7. The third-order valence-corrected chi connectivity index (χ3v) is 6.53. The zero-order valence-electron chi connectivity index (χ0n) is 19.2. The van der Waals surface area contributed by atoms with Crippen molar-refractivity contribution in [1.82, 2.24) is 15.0 Å². The Morgan fingerprint density at radius 3 is 2.17 bits per heavy atom. The van der Waals surface area contributed by atoms with E-state index in [0.717, 1.165) is 11.3 Å². The summed E-state index contributed by atoms with van der Waals surface area (Å²) in [6, 6.07) is 16.7. The summed E-state index contributed by atoms with van der Waals surface area (Å²) in [5.74, 6) is 2.83. The molecule has 0 atom stereocenters. The molecule has 0 unspecified atom stereocenters. The number of aromatic nitrogens is 3. The van der Waals surface area contributed by atoms with Crippen LogP contribution < -0.4 is 20.1 Å². The molecule has 3 N–H and O–H groups in total. The number of sulfonamides is 1. The first-order valence-electron chi connectivity index (χ1n) is 10.5. The van der Waals surface area contributed by atoms with E-state index in [2.05, 4.69) is 30.3 Å². The molecule has 2 aromatic heterocycles. The molecule has 4 rings (SSSR count). The lowest BCUT2D eigenvalue weighted by molar-refractivity contribution is 0.414. The second kappa shape index (κ2) is 10.2. The van der Waals surface area contributed by atoms with Crippen LogP contribution in [0.15, 0.2) is 71.8 Å². The number of rotatable bonds is 8. The summed E-state index contributed by atoms with van der Waals surface area (Å²) in [7, 11) is -2.36. The molecular weight excluding hydrogens is 488 g/mol. The molecule has 0 spiro atoms. The van der Waals surface area contributed by atoms with Crippen molar-refractivity contribution in [1.29, 1.82) is 0 Å². The number of nitrogens with one attached hydrogen (secondary N) is 3. The normalized spacial score (nSPS) is 11.1. The van der Waals surface area contributed by atoms with Gasteiger partial charge in [-0.2, -0.15) is 0 Å². The van der Waals surface area contributed by atoms with E-state index in [4.69, 9.17) is 16.3 Å². The number of aryl methyl sites for hydroxylation is 2. The third-order valence-electron chi connectivity index (χ3n) is 4.85. The lowest BCUT2D eigenvalue weighted by Crippen LogP contribution is -2.13. The average Bonchev–Trinajstić information content (AvgIpc) is 2.80. The van der Waals surface area contributed by atoms with E-state index >= 15 is 0 Å². The van der Waals surface area contributed by atoms with Gasteiger partial charge in [-0.1, -0.05) is 11.6 Å². The number of anilines is 5. The van der Waals surface area contributed by atoms with Gasteiger partial charge in [0, 0.05) is 23.6 Å². The SMILES string of the molecule is COc1ccc(S(=O)(=O)Nc2ccc(Nc3cc(Nc4cc(C)ccn4)nc(C)n3)cc2)cc1Cl. The van der Waals surface area contributed by atoms with Crippen molar-refractivity contribution >= 4 is 50.5 Å². The molecule has 0 amide bonds. The molecule has 0 bridgehead atoms. The van der Waals surface area contributed by atoms with E-state index in [1.165, 1.54) is 25.3 Å². The zero-order chi connectivity index (χ0) is 25.0. The summed E-state index contributed by atoms with van der Waals surface area (Å²) in [5, 5.41) is 6.59. The lowest BCUT2D eigenvalue weighted by Gasteiger charge is -2.12. The Hall–Kier alpha value is -3.89. The van der Waals surface area contributed by atoms with Gasteiger partial charge < -0.3 is 15.4 Å². The Morgan fingerprint density at radius 2 is 1.51 bits per heavy atom. The van der Waals surface area contributed by atoms with Crippen molar-refractivity contribution in [3.05, 3.63) is 83.3 Å². The van der Waals surface area contributed by atoms with E-state index in [1.807, 2.05) is 19.1 Å². The van der Waals surface area contributed by atoms with E-state index in [1.54, 1.807) is 43.5 Å². The molecule has 0 aliphatic carbocycles. The van der Waals surface area contributed by atoms with E-state index in [9.17, 15) is 8.42 Å². The predicted molar refractivity (Wildman–Crippen MR) is 138 cm³/mol. The molecule has 180 valence electrons. The van der Waals surface area contributed by atoms with Gasteiger partial charge in [-0.25, -0.2) is 23.4 Å². The fraction of sp³-hybridized carbons (Fsp3) is 0.125. The van der Waals surface area contributed by atoms with Gasteiger partial charge in [0.05, 0.1) is 17.0 Å². The van der Waals surface area contributed by atoms with Gasteiger partial charge >= 0.3 is 0 Å². The Kier molecular flexibility index (Phi) is 7.04.